The first kappa shape index (κ1) is 19.6. The number of quaternary nitrogens is 2. The number of hydrogen-bond acceptors (Lipinski definition) is 2. The van der Waals surface area contributed by atoms with E-state index in [1.54, 1.807) is 0 Å². The van der Waals surface area contributed by atoms with E-state index < -0.39 is 0 Å². The van der Waals surface area contributed by atoms with Gasteiger partial charge in [0.15, 0.2) is 13.1 Å². The summed E-state index contributed by atoms with van der Waals surface area (Å²) in [5.41, 5.74) is 3.68. The number of amides is 2. The van der Waals surface area contributed by atoms with Crippen molar-refractivity contribution in [2.45, 2.75) is 0 Å². The van der Waals surface area contributed by atoms with Gasteiger partial charge >= 0.3 is 0 Å². The minimum absolute atomic E-state index is 0.00240. The van der Waals surface area contributed by atoms with Gasteiger partial charge in [-0.15, -0.1) is 0 Å². The van der Waals surface area contributed by atoms with Crippen molar-refractivity contribution in [3.63, 3.8) is 0 Å². The molecule has 0 aromatic heterocycles. The van der Waals surface area contributed by atoms with Crippen LogP contribution in [0.1, 0.15) is 0 Å². The fourth-order valence-electron chi connectivity index (χ4n) is 2.54. The second kappa shape index (κ2) is 9.12. The van der Waals surface area contributed by atoms with Gasteiger partial charge in [0.05, 0.1) is 28.2 Å². The van der Waals surface area contributed by atoms with Gasteiger partial charge in [-0.1, -0.05) is 24.3 Å². The summed E-state index contributed by atoms with van der Waals surface area (Å²) in [4.78, 5) is 25.8. The fraction of sp³-hybridized carbons (Fsp3) is 0.300. The molecular weight excluding hydrogens is 328 g/mol. The van der Waals surface area contributed by atoms with Crippen molar-refractivity contribution in [2.24, 2.45) is 0 Å². The number of rotatable bonds is 7. The molecule has 0 aliphatic heterocycles. The largest absolute Gasteiger partial charge is 0.332 e. The third-order valence-corrected chi connectivity index (χ3v) is 3.70. The standard InChI is InChI=1S/C20H26N4O2/c1-23(2)13-19(25)21-17-9-5-15(6-10-17)16-7-11-18(12-8-16)22-20(26)14-24(3)4/h5-12H,13-14H2,1-4H3,(H,21,25)(H,22,26)/p+2. The third kappa shape index (κ3) is 6.31. The van der Waals surface area contributed by atoms with Crippen LogP contribution in [-0.2, 0) is 9.59 Å². The zero-order valence-electron chi connectivity index (χ0n) is 15.8. The van der Waals surface area contributed by atoms with E-state index in [-0.39, 0.29) is 11.8 Å². The Kier molecular flexibility index (Phi) is 6.89. The summed E-state index contributed by atoms with van der Waals surface area (Å²) in [5, 5.41) is 5.78. The SMILES string of the molecule is C[NH+](C)CC(=O)Nc1ccc(-c2ccc(NC(=O)C[NH+](C)C)cc2)cc1. The minimum atomic E-state index is -0.00240. The first-order valence-electron chi connectivity index (χ1n) is 8.72. The normalized spacial score (nSPS) is 10.8. The Morgan fingerprint density at radius 1 is 0.654 bits per heavy atom. The van der Waals surface area contributed by atoms with Crippen LogP contribution in [0.4, 0.5) is 11.4 Å². The first-order chi connectivity index (χ1) is 12.3. The second-order valence-corrected chi connectivity index (χ2v) is 7.02. The highest BCUT2D eigenvalue weighted by Crippen LogP contribution is 2.23. The summed E-state index contributed by atoms with van der Waals surface area (Å²) in [7, 11) is 7.76. The predicted molar refractivity (Wildman–Crippen MR) is 104 cm³/mol. The number of likely N-dealkylation sites (N-methyl/N-ethyl adjacent to an activating group) is 2. The van der Waals surface area contributed by atoms with Gasteiger partial charge in [-0.05, 0) is 35.4 Å². The molecule has 2 amide bonds. The number of hydrogen-bond donors (Lipinski definition) is 4. The average molecular weight is 356 g/mol. The van der Waals surface area contributed by atoms with Gasteiger partial charge in [-0.3, -0.25) is 9.59 Å². The lowest BCUT2D eigenvalue weighted by Gasteiger charge is -2.10. The lowest BCUT2D eigenvalue weighted by molar-refractivity contribution is -0.849. The molecule has 26 heavy (non-hydrogen) atoms. The highest BCUT2D eigenvalue weighted by atomic mass is 16.2. The van der Waals surface area contributed by atoms with Crippen molar-refractivity contribution in [3.05, 3.63) is 48.5 Å². The summed E-state index contributed by atoms with van der Waals surface area (Å²) in [5.74, 6) is -0.00480. The molecule has 0 aliphatic rings. The van der Waals surface area contributed by atoms with Crippen molar-refractivity contribution in [1.29, 1.82) is 0 Å². The molecule has 0 atom stereocenters. The van der Waals surface area contributed by atoms with Crippen molar-refractivity contribution >= 4 is 23.2 Å². The zero-order chi connectivity index (χ0) is 19.1. The number of benzene rings is 2. The van der Waals surface area contributed by atoms with E-state index in [1.165, 1.54) is 0 Å². The van der Waals surface area contributed by atoms with Crippen LogP contribution in [0.15, 0.2) is 48.5 Å². The van der Waals surface area contributed by atoms with Crippen LogP contribution in [0.2, 0.25) is 0 Å². The predicted octanol–water partition coefficient (Wildman–Crippen LogP) is -0.480. The quantitative estimate of drug-likeness (QED) is 0.541. The number of anilines is 2. The van der Waals surface area contributed by atoms with Gasteiger partial charge in [0, 0.05) is 11.4 Å². The molecule has 2 rings (SSSR count). The van der Waals surface area contributed by atoms with Gasteiger partial charge in [-0.2, -0.15) is 0 Å². The van der Waals surface area contributed by atoms with Crippen LogP contribution in [0.3, 0.4) is 0 Å². The molecule has 0 saturated carbocycles. The smallest absolute Gasteiger partial charge is 0.279 e. The molecule has 6 heteroatoms. The van der Waals surface area contributed by atoms with E-state index in [0.29, 0.717) is 13.1 Å². The Bertz CT molecular complexity index is 672. The van der Waals surface area contributed by atoms with Crippen LogP contribution in [0.5, 0.6) is 0 Å². The van der Waals surface area contributed by atoms with E-state index in [9.17, 15) is 9.59 Å². The maximum Gasteiger partial charge on any atom is 0.279 e. The Labute approximate surface area is 154 Å². The number of carbonyl (C=O) groups is 2. The Morgan fingerprint density at radius 3 is 1.23 bits per heavy atom. The molecule has 0 spiro atoms. The molecule has 0 bridgehead atoms. The molecule has 4 N–H and O–H groups in total. The lowest BCUT2D eigenvalue weighted by Crippen LogP contribution is -3.06. The summed E-state index contributed by atoms with van der Waals surface area (Å²) in [6, 6.07) is 15.5. The van der Waals surface area contributed by atoms with Crippen LogP contribution in [0, 0.1) is 0 Å². The molecule has 0 unspecified atom stereocenters. The molecule has 2 aromatic carbocycles. The van der Waals surface area contributed by atoms with Crippen molar-refractivity contribution in [2.75, 3.05) is 51.9 Å². The van der Waals surface area contributed by atoms with Gasteiger partial charge < -0.3 is 20.4 Å². The zero-order valence-corrected chi connectivity index (χ0v) is 15.8. The van der Waals surface area contributed by atoms with Crippen LogP contribution < -0.4 is 20.4 Å². The maximum absolute atomic E-state index is 11.8. The third-order valence-electron chi connectivity index (χ3n) is 3.70. The summed E-state index contributed by atoms with van der Waals surface area (Å²) >= 11 is 0. The van der Waals surface area contributed by atoms with Crippen molar-refractivity contribution in [1.82, 2.24) is 0 Å². The molecule has 2 aromatic rings. The van der Waals surface area contributed by atoms with E-state index >= 15 is 0 Å². The van der Waals surface area contributed by atoms with Crippen molar-refractivity contribution in [3.8, 4) is 11.1 Å². The van der Waals surface area contributed by atoms with Crippen LogP contribution in [0.25, 0.3) is 11.1 Å². The Hall–Kier alpha value is -2.70. The average Bonchev–Trinajstić information content (AvgIpc) is 2.54. The first-order valence-corrected chi connectivity index (χ1v) is 8.72. The van der Waals surface area contributed by atoms with E-state index in [2.05, 4.69) is 10.6 Å². The molecule has 0 fully saturated rings. The van der Waals surface area contributed by atoms with Crippen LogP contribution >= 0.6 is 0 Å². The lowest BCUT2D eigenvalue weighted by atomic mass is 10.0. The molecule has 6 nitrogen and oxygen atoms in total. The second-order valence-electron chi connectivity index (χ2n) is 7.02. The Balaban J connectivity index is 1.98. The summed E-state index contributed by atoms with van der Waals surface area (Å²) in [6.45, 7) is 0.870. The Morgan fingerprint density at radius 2 is 0.962 bits per heavy atom. The van der Waals surface area contributed by atoms with Gasteiger partial charge in [0.1, 0.15) is 0 Å². The van der Waals surface area contributed by atoms with Gasteiger partial charge in [0.25, 0.3) is 11.8 Å². The highest BCUT2D eigenvalue weighted by molar-refractivity contribution is 5.92. The molecule has 0 radical (unpaired) electrons. The summed E-state index contributed by atoms with van der Waals surface area (Å²) in [6.07, 6.45) is 0. The van der Waals surface area contributed by atoms with Gasteiger partial charge in [0.2, 0.25) is 0 Å². The highest BCUT2D eigenvalue weighted by Gasteiger charge is 2.08. The minimum Gasteiger partial charge on any atom is -0.332 e. The maximum atomic E-state index is 11.8. The van der Waals surface area contributed by atoms with E-state index in [1.807, 2.05) is 76.7 Å². The molecule has 0 saturated heterocycles. The number of carbonyl (C=O) groups excluding carboxylic acids is 2. The fourth-order valence-corrected chi connectivity index (χ4v) is 2.54. The van der Waals surface area contributed by atoms with E-state index in [0.717, 1.165) is 32.3 Å². The van der Waals surface area contributed by atoms with Crippen LogP contribution in [-0.4, -0.2) is 53.1 Å². The van der Waals surface area contributed by atoms with E-state index in [4.69, 9.17) is 0 Å². The number of nitrogens with one attached hydrogen (secondary N) is 4. The molecule has 138 valence electrons. The molecule has 0 aliphatic carbocycles. The topological polar surface area (TPSA) is 67.1 Å². The van der Waals surface area contributed by atoms with Gasteiger partial charge in [-0.25, -0.2) is 0 Å². The molecular formula is C20H28N4O2+2. The van der Waals surface area contributed by atoms with Crippen molar-refractivity contribution < 1.29 is 19.4 Å². The molecule has 0 heterocycles. The monoisotopic (exact) mass is 356 g/mol. The summed E-state index contributed by atoms with van der Waals surface area (Å²) < 4.78 is 0.